The van der Waals surface area contributed by atoms with Crippen LogP contribution in [0.2, 0.25) is 0 Å². The molecule has 0 saturated carbocycles. The molecule has 14 heteroatoms. The maximum Gasteiger partial charge on any atom is 0.335 e. The topological polar surface area (TPSA) is 166 Å². The molecular weight excluding hydrogens is 523 g/mol. The first-order chi connectivity index (χ1) is 17.9. The van der Waals surface area contributed by atoms with Gasteiger partial charge in [0.2, 0.25) is 5.91 Å². The van der Waals surface area contributed by atoms with Crippen molar-refractivity contribution in [3.05, 3.63) is 40.1 Å². The van der Waals surface area contributed by atoms with Crippen LogP contribution in [0.25, 0.3) is 0 Å². The van der Waals surface area contributed by atoms with Crippen molar-refractivity contribution in [3.63, 3.8) is 0 Å². The highest BCUT2D eigenvalue weighted by molar-refractivity contribution is 7.10. The molecule has 2 aromatic heterocycles. The molecule has 2 aromatic rings. The zero-order valence-electron chi connectivity index (χ0n) is 21.2. The Kier molecular flexibility index (Phi) is 9.95. The zero-order valence-corrected chi connectivity index (χ0v) is 22.0. The molecule has 1 saturated heterocycles. The molecule has 4 heterocycles. The number of aliphatic hydroxyl groups excluding tert-OH is 2. The number of likely N-dealkylation sites (tertiary alicyclic amines) is 1. The van der Waals surface area contributed by atoms with Gasteiger partial charge in [-0.2, -0.15) is 9.49 Å². The highest BCUT2D eigenvalue weighted by atomic mass is 32.1. The number of piperidine rings is 1. The van der Waals surface area contributed by atoms with E-state index in [1.165, 1.54) is 11.3 Å². The highest BCUT2D eigenvalue weighted by Crippen LogP contribution is 2.45. The van der Waals surface area contributed by atoms with Gasteiger partial charge in [-0.15, -0.1) is 11.3 Å². The van der Waals surface area contributed by atoms with Crippen LogP contribution in [0.4, 0.5) is 4.39 Å². The van der Waals surface area contributed by atoms with Gasteiger partial charge in [0, 0.05) is 51.0 Å². The fourth-order valence-electron chi connectivity index (χ4n) is 4.65. The van der Waals surface area contributed by atoms with Crippen LogP contribution in [0.5, 0.6) is 0 Å². The third-order valence-electron chi connectivity index (χ3n) is 6.65. The Balaban J connectivity index is 0.000000342. The second-order valence-electron chi connectivity index (χ2n) is 9.52. The molecule has 1 amide bonds. The first-order valence-electron chi connectivity index (χ1n) is 12.1. The SMILES string of the molecule is CN(C)C(=O)[C@H](CN1CCC2(CC1)OCCc1cc(F)sc12)Cn1cccn1.O=C(O)[C@H](O)[C@@H](O)C(=O)O. The van der Waals surface area contributed by atoms with Crippen LogP contribution in [0.3, 0.4) is 0 Å². The van der Waals surface area contributed by atoms with Gasteiger partial charge in [-0.05, 0) is 37.0 Å². The summed E-state index contributed by atoms with van der Waals surface area (Å²) in [5, 5.41) is 36.7. The summed E-state index contributed by atoms with van der Waals surface area (Å²) in [6.45, 7) is 3.61. The van der Waals surface area contributed by atoms with E-state index < -0.39 is 24.1 Å². The number of aliphatic carboxylic acids is 2. The van der Waals surface area contributed by atoms with Crippen molar-refractivity contribution in [1.29, 1.82) is 0 Å². The van der Waals surface area contributed by atoms with Gasteiger partial charge in [0.05, 0.1) is 19.1 Å². The van der Waals surface area contributed by atoms with Crippen molar-refractivity contribution < 1.29 is 43.9 Å². The monoisotopic (exact) mass is 556 g/mol. The molecule has 4 N–H and O–H groups in total. The van der Waals surface area contributed by atoms with Crippen LogP contribution in [-0.4, -0.2) is 110 Å². The van der Waals surface area contributed by atoms with Gasteiger partial charge in [-0.25, -0.2) is 9.59 Å². The Bertz CT molecular complexity index is 1080. The van der Waals surface area contributed by atoms with E-state index in [0.29, 0.717) is 19.7 Å². The number of ether oxygens (including phenoxy) is 1. The molecule has 1 fully saturated rings. The lowest BCUT2D eigenvalue weighted by Gasteiger charge is -2.44. The fraction of sp³-hybridized carbons (Fsp3) is 0.583. The lowest BCUT2D eigenvalue weighted by Crippen LogP contribution is -2.49. The first-order valence-corrected chi connectivity index (χ1v) is 12.9. The number of carbonyl (C=O) groups is 3. The molecule has 0 aliphatic carbocycles. The summed E-state index contributed by atoms with van der Waals surface area (Å²) >= 11 is 1.24. The molecule has 1 spiro atoms. The lowest BCUT2D eigenvalue weighted by atomic mass is 9.85. The van der Waals surface area contributed by atoms with Gasteiger partial charge in [0.1, 0.15) is 5.60 Å². The van der Waals surface area contributed by atoms with Gasteiger partial charge in [-0.1, -0.05) is 0 Å². The fourth-order valence-corrected chi connectivity index (χ4v) is 5.79. The summed E-state index contributed by atoms with van der Waals surface area (Å²) in [6.07, 6.45) is 1.57. The van der Waals surface area contributed by atoms with Crippen molar-refractivity contribution in [3.8, 4) is 0 Å². The normalized spacial score (nSPS) is 19.0. The van der Waals surface area contributed by atoms with E-state index in [1.807, 2.05) is 16.9 Å². The lowest BCUT2D eigenvalue weighted by molar-refractivity contribution is -0.165. The number of carbonyl (C=O) groups excluding carboxylic acids is 1. The number of aliphatic hydroxyl groups is 2. The van der Waals surface area contributed by atoms with Crippen molar-refractivity contribution in [2.75, 3.05) is 40.3 Å². The molecule has 0 unspecified atom stereocenters. The van der Waals surface area contributed by atoms with Gasteiger partial charge < -0.3 is 35.0 Å². The van der Waals surface area contributed by atoms with Crippen LogP contribution in [0.15, 0.2) is 24.5 Å². The number of aromatic nitrogens is 2. The van der Waals surface area contributed by atoms with E-state index in [0.717, 1.165) is 42.8 Å². The van der Waals surface area contributed by atoms with Crippen molar-refractivity contribution in [2.24, 2.45) is 5.92 Å². The predicted octanol–water partition coefficient (Wildman–Crippen LogP) is 0.230. The molecule has 0 aromatic carbocycles. The van der Waals surface area contributed by atoms with Gasteiger partial charge in [-0.3, -0.25) is 9.48 Å². The maximum absolute atomic E-state index is 13.8. The standard InChI is InChI=1S/C20H27FN4O2S.C4H6O6/c1-23(2)19(26)16(14-25-8-3-7-22-25)13-24-9-5-20(6-10-24)18-15(4-11-27-20)12-17(21)28-18;5-1(3(7)8)2(6)4(9)10/h3,7-8,12,16H,4-6,9-11,13-14H2,1-2H3;1-2,5-6H,(H,7,8)(H,9,10)/t16-;1-,2-/m11/s1. The number of rotatable bonds is 8. The second-order valence-corrected chi connectivity index (χ2v) is 10.5. The van der Waals surface area contributed by atoms with Crippen LogP contribution < -0.4 is 0 Å². The zero-order chi connectivity index (χ0) is 28.0. The van der Waals surface area contributed by atoms with E-state index in [-0.39, 0.29) is 22.6 Å². The number of carboxylic acid groups (broad SMARTS) is 2. The molecule has 2 aliphatic heterocycles. The first kappa shape index (κ1) is 29.6. The number of fused-ring (bicyclic) bond motifs is 2. The number of hydrogen-bond acceptors (Lipinski definition) is 9. The maximum atomic E-state index is 13.8. The predicted molar refractivity (Wildman–Crippen MR) is 133 cm³/mol. The Morgan fingerprint density at radius 3 is 2.32 bits per heavy atom. The van der Waals surface area contributed by atoms with Crippen LogP contribution in [0.1, 0.15) is 23.3 Å². The van der Waals surface area contributed by atoms with E-state index in [4.69, 9.17) is 25.2 Å². The molecule has 210 valence electrons. The van der Waals surface area contributed by atoms with Crippen molar-refractivity contribution in [1.82, 2.24) is 19.6 Å². The Morgan fingerprint density at radius 1 is 1.16 bits per heavy atom. The third kappa shape index (κ3) is 7.14. The summed E-state index contributed by atoms with van der Waals surface area (Å²) in [6, 6.07) is 3.55. The molecule has 12 nitrogen and oxygen atoms in total. The van der Waals surface area contributed by atoms with Gasteiger partial charge in [0.25, 0.3) is 0 Å². The van der Waals surface area contributed by atoms with E-state index >= 15 is 0 Å². The average molecular weight is 557 g/mol. The number of nitrogens with zero attached hydrogens (tertiary/aromatic N) is 4. The van der Waals surface area contributed by atoms with Crippen LogP contribution in [-0.2, 0) is 37.7 Å². The minimum Gasteiger partial charge on any atom is -0.479 e. The number of amides is 1. The molecule has 0 radical (unpaired) electrons. The van der Waals surface area contributed by atoms with Gasteiger partial charge in [0.15, 0.2) is 17.3 Å². The minimum atomic E-state index is -2.27. The van der Waals surface area contributed by atoms with Crippen molar-refractivity contribution >= 4 is 29.2 Å². The van der Waals surface area contributed by atoms with E-state index in [2.05, 4.69) is 10.00 Å². The smallest absolute Gasteiger partial charge is 0.335 e. The molecule has 4 rings (SSSR count). The summed E-state index contributed by atoms with van der Waals surface area (Å²) < 4.78 is 21.8. The molecule has 3 atom stereocenters. The molecular formula is C24H33FN4O8S. The Labute approximate surface area is 222 Å². The van der Waals surface area contributed by atoms with Crippen molar-refractivity contribution in [2.45, 2.75) is 43.6 Å². The largest absolute Gasteiger partial charge is 0.479 e. The minimum absolute atomic E-state index is 0.117. The van der Waals surface area contributed by atoms with Crippen LogP contribution in [0, 0.1) is 11.0 Å². The Morgan fingerprint density at radius 2 is 1.79 bits per heavy atom. The summed E-state index contributed by atoms with van der Waals surface area (Å²) in [7, 11) is 3.60. The quantitative estimate of drug-likeness (QED) is 0.354. The number of hydrogen-bond donors (Lipinski definition) is 4. The molecule has 2 aliphatic rings. The third-order valence-corrected chi connectivity index (χ3v) is 7.80. The van der Waals surface area contributed by atoms with Gasteiger partial charge >= 0.3 is 11.9 Å². The van der Waals surface area contributed by atoms with E-state index in [1.54, 1.807) is 31.3 Å². The molecule has 0 bridgehead atoms. The molecule has 38 heavy (non-hydrogen) atoms. The number of carboxylic acids is 2. The second kappa shape index (κ2) is 12.8. The number of halogens is 1. The summed E-state index contributed by atoms with van der Waals surface area (Å²) in [5.41, 5.74) is 0.767. The Hall–Kier alpha value is -2.91. The van der Waals surface area contributed by atoms with Crippen LogP contribution >= 0.6 is 11.3 Å². The highest BCUT2D eigenvalue weighted by Gasteiger charge is 2.43. The van der Waals surface area contributed by atoms with E-state index in [9.17, 15) is 18.8 Å². The average Bonchev–Trinajstić information content (AvgIpc) is 3.53. The number of thiophene rings is 1. The summed E-state index contributed by atoms with van der Waals surface area (Å²) in [5.74, 6) is -3.57. The summed E-state index contributed by atoms with van der Waals surface area (Å²) in [4.78, 5) is 37.3.